The van der Waals surface area contributed by atoms with Crippen LogP contribution in [-0.4, -0.2) is 77.4 Å². The summed E-state index contributed by atoms with van der Waals surface area (Å²) in [6.07, 6.45) is 1.78. The highest BCUT2D eigenvalue weighted by Gasteiger charge is 2.33. The fraction of sp³-hybridized carbons (Fsp3) is 0.577. The molecule has 3 rings (SSSR count). The summed E-state index contributed by atoms with van der Waals surface area (Å²) >= 11 is 0. The number of carbonyl (C=O) groups is 2. The standard InChI is InChI=1S/C26H38BN5O8/c1-18-8-9-19(14-21(18)27-38-12-13-39-27)31(25(2,3)4)24(34)37-11-10-28-22(23(33)40-26(5,6)7)17-30-16-20(15-29-30)32(35)36/h8-9,14-16,22,28H,10-13,17H2,1-7H3. The van der Waals surface area contributed by atoms with Crippen molar-refractivity contribution in [3.8, 4) is 0 Å². The molecule has 1 aromatic heterocycles. The summed E-state index contributed by atoms with van der Waals surface area (Å²) in [4.78, 5) is 38.1. The first-order chi connectivity index (χ1) is 18.7. The van der Waals surface area contributed by atoms with Gasteiger partial charge in [0.05, 0.1) is 24.7 Å². The minimum absolute atomic E-state index is 0.0116. The van der Waals surface area contributed by atoms with Crippen LogP contribution in [0.3, 0.4) is 0 Å². The number of benzene rings is 1. The summed E-state index contributed by atoms with van der Waals surface area (Å²) in [5.74, 6) is -0.558. The van der Waals surface area contributed by atoms with Gasteiger partial charge in [0, 0.05) is 17.8 Å². The van der Waals surface area contributed by atoms with Crippen LogP contribution in [0.1, 0.15) is 47.1 Å². The van der Waals surface area contributed by atoms with Crippen molar-refractivity contribution in [3.63, 3.8) is 0 Å². The monoisotopic (exact) mass is 559 g/mol. The van der Waals surface area contributed by atoms with Crippen LogP contribution in [0, 0.1) is 17.0 Å². The smallest absolute Gasteiger partial charge is 0.459 e. The third kappa shape index (κ3) is 8.51. The van der Waals surface area contributed by atoms with E-state index in [1.807, 2.05) is 45.9 Å². The Morgan fingerprint density at radius 2 is 1.90 bits per heavy atom. The van der Waals surface area contributed by atoms with Gasteiger partial charge in [-0.25, -0.2) is 4.79 Å². The van der Waals surface area contributed by atoms with E-state index in [1.54, 1.807) is 25.7 Å². The van der Waals surface area contributed by atoms with E-state index >= 15 is 0 Å². The van der Waals surface area contributed by atoms with E-state index in [0.717, 1.165) is 17.2 Å². The molecule has 1 amide bonds. The zero-order valence-electron chi connectivity index (χ0n) is 24.1. The van der Waals surface area contributed by atoms with Crippen LogP contribution in [0.4, 0.5) is 16.2 Å². The van der Waals surface area contributed by atoms with Gasteiger partial charge in [0.25, 0.3) is 0 Å². The van der Waals surface area contributed by atoms with E-state index < -0.39 is 41.3 Å². The molecule has 1 atom stereocenters. The Hall–Kier alpha value is -3.49. The van der Waals surface area contributed by atoms with Crippen LogP contribution in [-0.2, 0) is 30.1 Å². The van der Waals surface area contributed by atoms with E-state index in [-0.39, 0.29) is 25.4 Å². The van der Waals surface area contributed by atoms with Gasteiger partial charge in [-0.3, -0.25) is 29.8 Å². The lowest BCUT2D eigenvalue weighted by Crippen LogP contribution is -2.48. The Morgan fingerprint density at radius 3 is 2.48 bits per heavy atom. The Morgan fingerprint density at radius 1 is 1.23 bits per heavy atom. The maximum absolute atomic E-state index is 13.3. The Kier molecular flexibility index (Phi) is 9.93. The fourth-order valence-corrected chi connectivity index (χ4v) is 4.09. The SMILES string of the molecule is Cc1ccc(N(C(=O)OCCNC(Cn2cc([N+](=O)[O-])cn2)C(=O)OC(C)(C)C)C(C)(C)C)cc1B1OCCO1. The molecular weight excluding hydrogens is 521 g/mol. The number of nitrogens with one attached hydrogen (secondary N) is 1. The van der Waals surface area contributed by atoms with Crippen LogP contribution in [0.2, 0.25) is 0 Å². The summed E-state index contributed by atoms with van der Waals surface area (Å²) < 4.78 is 23.7. The first kappa shape index (κ1) is 31.0. The minimum Gasteiger partial charge on any atom is -0.459 e. The number of ether oxygens (including phenoxy) is 2. The van der Waals surface area contributed by atoms with Gasteiger partial charge in [-0.1, -0.05) is 11.6 Å². The van der Waals surface area contributed by atoms with E-state index in [1.165, 1.54) is 10.9 Å². The first-order valence-electron chi connectivity index (χ1n) is 13.1. The van der Waals surface area contributed by atoms with Crippen LogP contribution in [0.5, 0.6) is 0 Å². The van der Waals surface area contributed by atoms with Crippen LogP contribution in [0.15, 0.2) is 30.6 Å². The maximum atomic E-state index is 13.3. The number of nitrogens with zero attached hydrogens (tertiary/aromatic N) is 4. The number of anilines is 1. The molecule has 1 aliphatic rings. The van der Waals surface area contributed by atoms with Crippen molar-refractivity contribution in [1.82, 2.24) is 15.1 Å². The molecule has 1 saturated heterocycles. The second-order valence-electron chi connectivity index (χ2n) is 11.5. The van der Waals surface area contributed by atoms with Crippen LogP contribution < -0.4 is 15.7 Å². The van der Waals surface area contributed by atoms with Gasteiger partial charge < -0.3 is 18.8 Å². The average molecular weight is 559 g/mol. The highest BCUT2D eigenvalue weighted by Crippen LogP contribution is 2.25. The summed E-state index contributed by atoms with van der Waals surface area (Å²) in [6, 6.07) is 4.74. The Bertz CT molecular complexity index is 1200. The maximum Gasteiger partial charge on any atom is 0.494 e. The molecule has 1 fully saturated rings. The van der Waals surface area contributed by atoms with E-state index in [2.05, 4.69) is 10.4 Å². The molecule has 0 aliphatic carbocycles. The van der Waals surface area contributed by atoms with Crippen molar-refractivity contribution in [1.29, 1.82) is 0 Å². The molecular formula is C26H38BN5O8. The summed E-state index contributed by atoms with van der Waals surface area (Å²) in [6.45, 7) is 14.0. The number of aryl methyl sites for hydroxylation is 1. The molecule has 13 nitrogen and oxygen atoms in total. The minimum atomic E-state index is -0.887. The second-order valence-corrected chi connectivity index (χ2v) is 11.5. The molecule has 1 N–H and O–H groups in total. The highest BCUT2D eigenvalue weighted by atomic mass is 16.6. The summed E-state index contributed by atoms with van der Waals surface area (Å²) in [7, 11) is -0.483. The average Bonchev–Trinajstić information content (AvgIpc) is 3.53. The van der Waals surface area contributed by atoms with Gasteiger partial charge in [-0.2, -0.15) is 5.10 Å². The number of esters is 1. The van der Waals surface area contributed by atoms with Crippen molar-refractivity contribution in [2.24, 2.45) is 0 Å². The lowest BCUT2D eigenvalue weighted by Gasteiger charge is -2.35. The molecule has 2 heterocycles. The number of aromatic nitrogens is 2. The molecule has 1 unspecified atom stereocenters. The van der Waals surface area contributed by atoms with Gasteiger partial charge in [-0.05, 0) is 66.1 Å². The molecule has 1 aromatic carbocycles. The number of amides is 1. The third-order valence-electron chi connectivity index (χ3n) is 5.86. The number of hydrogen-bond donors (Lipinski definition) is 1. The highest BCUT2D eigenvalue weighted by molar-refractivity contribution is 6.62. The molecule has 2 aromatic rings. The number of carbonyl (C=O) groups excluding carboxylic acids is 2. The van der Waals surface area contributed by atoms with E-state index in [0.29, 0.717) is 18.9 Å². The number of hydrogen-bond acceptors (Lipinski definition) is 10. The molecule has 0 bridgehead atoms. The van der Waals surface area contributed by atoms with Crippen molar-refractivity contribution < 1.29 is 33.3 Å². The topological polar surface area (TPSA) is 147 Å². The van der Waals surface area contributed by atoms with Crippen LogP contribution in [0.25, 0.3) is 0 Å². The normalized spacial score (nSPS) is 14.6. The molecule has 1 aliphatic heterocycles. The first-order valence-corrected chi connectivity index (χ1v) is 13.1. The fourth-order valence-electron chi connectivity index (χ4n) is 4.09. The molecule has 0 radical (unpaired) electrons. The largest absolute Gasteiger partial charge is 0.494 e. The van der Waals surface area contributed by atoms with Crippen molar-refractivity contribution in [2.45, 2.75) is 72.2 Å². The molecule has 0 spiro atoms. The van der Waals surface area contributed by atoms with Crippen molar-refractivity contribution in [3.05, 3.63) is 46.3 Å². The Labute approximate surface area is 234 Å². The van der Waals surface area contributed by atoms with Gasteiger partial charge in [0.2, 0.25) is 0 Å². The molecule has 0 saturated carbocycles. The lowest BCUT2D eigenvalue weighted by molar-refractivity contribution is -0.385. The van der Waals surface area contributed by atoms with Gasteiger partial charge in [0.15, 0.2) is 0 Å². The molecule has 218 valence electrons. The number of nitro groups is 1. The van der Waals surface area contributed by atoms with Gasteiger partial charge >= 0.3 is 24.9 Å². The number of rotatable bonds is 10. The third-order valence-corrected chi connectivity index (χ3v) is 5.86. The van der Waals surface area contributed by atoms with E-state index in [9.17, 15) is 19.7 Å². The van der Waals surface area contributed by atoms with E-state index in [4.69, 9.17) is 18.8 Å². The lowest BCUT2D eigenvalue weighted by atomic mass is 9.76. The zero-order valence-corrected chi connectivity index (χ0v) is 24.1. The zero-order chi connectivity index (χ0) is 29.7. The van der Waals surface area contributed by atoms with Gasteiger partial charge in [-0.15, -0.1) is 0 Å². The van der Waals surface area contributed by atoms with Crippen LogP contribution >= 0.6 is 0 Å². The molecule has 40 heavy (non-hydrogen) atoms. The predicted octanol–water partition coefficient (Wildman–Crippen LogP) is 2.58. The summed E-state index contributed by atoms with van der Waals surface area (Å²) in [5.41, 5.74) is 0.924. The van der Waals surface area contributed by atoms with Crippen molar-refractivity contribution >= 4 is 36.0 Å². The second kappa shape index (κ2) is 12.8. The summed E-state index contributed by atoms with van der Waals surface area (Å²) in [5, 5.41) is 18.0. The molecule has 14 heteroatoms. The predicted molar refractivity (Wildman–Crippen MR) is 149 cm³/mol. The quantitative estimate of drug-likeness (QED) is 0.151. The van der Waals surface area contributed by atoms with Gasteiger partial charge in [0.1, 0.15) is 30.6 Å². The Balaban J connectivity index is 1.67. The van der Waals surface area contributed by atoms with Crippen molar-refractivity contribution in [2.75, 3.05) is 31.3 Å².